The van der Waals surface area contributed by atoms with Crippen molar-refractivity contribution >= 4 is 30.0 Å². The fraction of sp³-hybridized carbons (Fsp3) is 0.353. The van der Waals surface area contributed by atoms with Crippen molar-refractivity contribution in [3.05, 3.63) is 49.7 Å². The second-order valence-electron chi connectivity index (χ2n) is 6.00. The third kappa shape index (κ3) is 3.82. The van der Waals surface area contributed by atoms with Crippen LogP contribution in [-0.2, 0) is 0 Å². The fourth-order valence-electron chi connectivity index (χ4n) is 2.93. The van der Waals surface area contributed by atoms with Gasteiger partial charge in [-0.1, -0.05) is 30.9 Å². The number of H-pyrrole nitrogens is 1. The number of aromatic amines is 1. The normalized spacial score (nSPS) is 15.8. The molecule has 3 rings (SSSR count). The first-order valence-corrected chi connectivity index (χ1v) is 8.83. The summed E-state index contributed by atoms with van der Waals surface area (Å²) in [4.78, 5) is 19.1. The number of aliphatic imine (C=N–C) groups is 1. The van der Waals surface area contributed by atoms with Gasteiger partial charge in [0.05, 0.1) is 10.7 Å². The number of nitrogens with one attached hydrogen (secondary N) is 1. The average molecular weight is 382 g/mol. The number of hydrogen-bond acceptors (Lipinski definition) is 4. The number of aromatic nitrogens is 2. The smallest absolute Gasteiger partial charge is 0.264 e. The minimum atomic E-state index is -0.583. The Hall–Kier alpha value is -1.99. The first-order valence-electron chi connectivity index (χ1n) is 8.04. The van der Waals surface area contributed by atoms with Crippen LogP contribution >= 0.6 is 23.8 Å². The molecule has 1 saturated carbocycles. The number of benzene rings is 1. The summed E-state index contributed by atoms with van der Waals surface area (Å²) in [5.74, 6) is -0.934. The zero-order chi connectivity index (χ0) is 18.0. The van der Waals surface area contributed by atoms with Crippen LogP contribution in [0, 0.1) is 10.6 Å². The lowest BCUT2D eigenvalue weighted by Gasteiger charge is -2.17. The number of halogens is 2. The topological polar surface area (TPSA) is 70.4 Å². The van der Waals surface area contributed by atoms with Crippen LogP contribution in [0.5, 0.6) is 5.88 Å². The Kier molecular flexibility index (Phi) is 5.34. The van der Waals surface area contributed by atoms with Gasteiger partial charge in [0, 0.05) is 12.3 Å². The van der Waals surface area contributed by atoms with Gasteiger partial charge in [-0.2, -0.15) is 0 Å². The number of aromatic hydroxyl groups is 1. The molecule has 132 valence electrons. The molecule has 1 aromatic carbocycles. The van der Waals surface area contributed by atoms with Crippen LogP contribution in [0.3, 0.4) is 0 Å². The van der Waals surface area contributed by atoms with E-state index in [2.05, 4.69) is 9.98 Å². The van der Waals surface area contributed by atoms with Crippen LogP contribution in [-0.4, -0.2) is 26.9 Å². The highest BCUT2D eigenvalue weighted by atomic mass is 35.5. The van der Waals surface area contributed by atoms with E-state index in [1.807, 2.05) is 0 Å². The molecule has 1 heterocycles. The maximum atomic E-state index is 13.4. The lowest BCUT2D eigenvalue weighted by Crippen LogP contribution is -2.19. The van der Waals surface area contributed by atoms with Crippen molar-refractivity contribution < 1.29 is 9.50 Å². The highest BCUT2D eigenvalue weighted by Crippen LogP contribution is 2.24. The van der Waals surface area contributed by atoms with E-state index in [1.54, 1.807) is 0 Å². The lowest BCUT2D eigenvalue weighted by atomic mass is 9.96. The van der Waals surface area contributed by atoms with Gasteiger partial charge in [-0.05, 0) is 43.3 Å². The third-order valence-corrected chi connectivity index (χ3v) is 4.85. The van der Waals surface area contributed by atoms with E-state index in [0.29, 0.717) is 5.69 Å². The SMILES string of the molecule is O=c1[nH]c(=S)n(-c2ccc(F)c(Cl)c2)c(O)c1C=NC1CCCCC1. The van der Waals surface area contributed by atoms with Crippen molar-refractivity contribution in [3.63, 3.8) is 0 Å². The van der Waals surface area contributed by atoms with E-state index < -0.39 is 11.4 Å². The second-order valence-corrected chi connectivity index (χ2v) is 6.79. The molecular weight excluding hydrogens is 365 g/mol. The van der Waals surface area contributed by atoms with Crippen LogP contribution in [0.2, 0.25) is 5.02 Å². The Morgan fingerprint density at radius 3 is 2.76 bits per heavy atom. The fourth-order valence-corrected chi connectivity index (χ4v) is 3.39. The van der Waals surface area contributed by atoms with Crippen LogP contribution in [0.15, 0.2) is 28.0 Å². The quantitative estimate of drug-likeness (QED) is 0.620. The van der Waals surface area contributed by atoms with Gasteiger partial charge in [-0.15, -0.1) is 0 Å². The summed E-state index contributed by atoms with van der Waals surface area (Å²) in [5, 5.41) is 10.4. The summed E-state index contributed by atoms with van der Waals surface area (Å²) in [6.45, 7) is 0. The molecule has 0 radical (unpaired) electrons. The predicted molar refractivity (Wildman–Crippen MR) is 98.3 cm³/mol. The van der Waals surface area contributed by atoms with E-state index in [-0.39, 0.29) is 27.3 Å². The molecule has 2 N–H and O–H groups in total. The molecule has 1 fully saturated rings. The van der Waals surface area contributed by atoms with Gasteiger partial charge in [0.2, 0.25) is 5.88 Å². The molecule has 1 aromatic heterocycles. The molecule has 25 heavy (non-hydrogen) atoms. The summed E-state index contributed by atoms with van der Waals surface area (Å²) in [7, 11) is 0. The van der Waals surface area contributed by atoms with Gasteiger partial charge in [-0.3, -0.25) is 19.3 Å². The zero-order valence-corrected chi connectivity index (χ0v) is 14.9. The molecule has 0 bridgehead atoms. The maximum absolute atomic E-state index is 13.4. The van der Waals surface area contributed by atoms with Crippen molar-refractivity contribution in [2.24, 2.45) is 4.99 Å². The van der Waals surface area contributed by atoms with E-state index in [4.69, 9.17) is 23.8 Å². The molecule has 1 aliphatic rings. The van der Waals surface area contributed by atoms with Gasteiger partial charge in [-0.25, -0.2) is 4.39 Å². The highest BCUT2D eigenvalue weighted by molar-refractivity contribution is 7.71. The van der Waals surface area contributed by atoms with Crippen molar-refractivity contribution in [2.45, 2.75) is 38.1 Å². The summed E-state index contributed by atoms with van der Waals surface area (Å²) >= 11 is 10.9. The van der Waals surface area contributed by atoms with E-state index in [1.165, 1.54) is 35.4 Å². The van der Waals surface area contributed by atoms with Gasteiger partial charge in [0.1, 0.15) is 11.4 Å². The molecule has 0 spiro atoms. The first kappa shape index (κ1) is 17.8. The molecule has 8 heteroatoms. The van der Waals surface area contributed by atoms with Crippen molar-refractivity contribution in [2.75, 3.05) is 0 Å². The molecular formula is C17H17ClFN3O2S. The summed E-state index contributed by atoms with van der Waals surface area (Å²) < 4.78 is 14.6. The maximum Gasteiger partial charge on any atom is 0.264 e. The van der Waals surface area contributed by atoms with Crippen LogP contribution in [0.25, 0.3) is 5.69 Å². The molecule has 0 aliphatic heterocycles. The Bertz CT molecular complexity index is 932. The van der Waals surface area contributed by atoms with Gasteiger partial charge >= 0.3 is 0 Å². The number of hydrogen-bond donors (Lipinski definition) is 2. The van der Waals surface area contributed by atoms with Crippen molar-refractivity contribution in [1.82, 2.24) is 9.55 Å². The molecule has 0 unspecified atom stereocenters. The van der Waals surface area contributed by atoms with E-state index in [0.717, 1.165) is 25.7 Å². The summed E-state index contributed by atoms with van der Waals surface area (Å²) in [6, 6.07) is 4.06. The van der Waals surface area contributed by atoms with E-state index >= 15 is 0 Å². The second kappa shape index (κ2) is 7.49. The minimum absolute atomic E-state index is 0.0135. The Balaban J connectivity index is 2.05. The molecule has 2 aromatic rings. The average Bonchev–Trinajstić information content (AvgIpc) is 2.58. The predicted octanol–water partition coefficient (Wildman–Crippen LogP) is 4.14. The van der Waals surface area contributed by atoms with Gasteiger partial charge in [0.15, 0.2) is 4.77 Å². The number of rotatable bonds is 3. The van der Waals surface area contributed by atoms with Crippen LogP contribution < -0.4 is 5.56 Å². The Morgan fingerprint density at radius 2 is 2.08 bits per heavy atom. The Morgan fingerprint density at radius 1 is 1.36 bits per heavy atom. The van der Waals surface area contributed by atoms with Crippen LogP contribution in [0.4, 0.5) is 4.39 Å². The van der Waals surface area contributed by atoms with Crippen molar-refractivity contribution in [3.8, 4) is 11.6 Å². The monoisotopic (exact) mass is 381 g/mol. The molecule has 0 amide bonds. The van der Waals surface area contributed by atoms with Gasteiger partial charge in [0.25, 0.3) is 5.56 Å². The third-order valence-electron chi connectivity index (χ3n) is 4.27. The minimum Gasteiger partial charge on any atom is -0.494 e. The van der Waals surface area contributed by atoms with Crippen LogP contribution in [0.1, 0.15) is 37.7 Å². The van der Waals surface area contributed by atoms with Gasteiger partial charge < -0.3 is 5.11 Å². The number of nitrogens with zero attached hydrogens (tertiary/aromatic N) is 2. The molecule has 5 nitrogen and oxygen atoms in total. The summed E-state index contributed by atoms with van der Waals surface area (Å²) in [6.07, 6.45) is 6.77. The standard InChI is InChI=1S/C17H17ClFN3O2S/c18-13-8-11(6-7-14(13)19)22-16(24)12(15(23)21-17(22)25)9-20-10-4-2-1-3-5-10/h6-10,24H,1-5H2,(H,21,23,25). The largest absolute Gasteiger partial charge is 0.494 e. The molecule has 0 atom stereocenters. The Labute approximate surface area is 153 Å². The zero-order valence-electron chi connectivity index (χ0n) is 13.3. The van der Waals surface area contributed by atoms with Crippen molar-refractivity contribution in [1.29, 1.82) is 0 Å². The first-order chi connectivity index (χ1) is 12.0. The van der Waals surface area contributed by atoms with E-state index in [9.17, 15) is 14.3 Å². The molecule has 1 aliphatic carbocycles. The molecule has 0 saturated heterocycles. The highest BCUT2D eigenvalue weighted by Gasteiger charge is 2.15. The summed E-state index contributed by atoms with van der Waals surface area (Å²) in [5.41, 5.74) is -0.163. The lowest BCUT2D eigenvalue weighted by molar-refractivity contribution is 0.431.